The third kappa shape index (κ3) is 4.47. The van der Waals surface area contributed by atoms with Gasteiger partial charge in [0.2, 0.25) is 0 Å². The van der Waals surface area contributed by atoms with E-state index >= 15 is 0 Å². The Morgan fingerprint density at radius 2 is 1.70 bits per heavy atom. The number of esters is 2. The molecule has 0 atom stereocenters. The van der Waals surface area contributed by atoms with Gasteiger partial charge in [-0.2, -0.15) is 0 Å². The Hall–Kier alpha value is -3.72. The van der Waals surface area contributed by atoms with Crippen LogP contribution in [0.2, 0.25) is 0 Å². The summed E-state index contributed by atoms with van der Waals surface area (Å²) in [5.74, 6) is -1.16. The van der Waals surface area contributed by atoms with Crippen molar-refractivity contribution in [2.75, 3.05) is 24.9 Å². The van der Waals surface area contributed by atoms with Crippen LogP contribution in [0.5, 0.6) is 0 Å². The van der Waals surface area contributed by atoms with Gasteiger partial charge in [0.25, 0.3) is 0 Å². The van der Waals surface area contributed by atoms with Gasteiger partial charge >= 0.3 is 17.6 Å². The molecule has 0 spiro atoms. The Balaban J connectivity index is 1.88. The number of rotatable bonds is 4. The molecule has 30 heavy (non-hydrogen) atoms. The Kier molecular flexibility index (Phi) is 6.12. The molecule has 3 aromatic rings. The van der Waals surface area contributed by atoms with Gasteiger partial charge in [-0.25, -0.2) is 14.4 Å². The molecule has 0 aliphatic rings. The molecule has 0 fully saturated rings. The summed E-state index contributed by atoms with van der Waals surface area (Å²) in [6, 6.07) is 11.0. The fourth-order valence-corrected chi connectivity index (χ4v) is 3.10. The molecular weight excluding hydrogens is 408 g/mol. The molecule has 0 amide bonds. The van der Waals surface area contributed by atoms with Gasteiger partial charge in [-0.3, -0.25) is 0 Å². The lowest BCUT2D eigenvalue weighted by Crippen LogP contribution is -2.21. The van der Waals surface area contributed by atoms with Gasteiger partial charge in [-0.15, -0.1) is 0 Å². The highest BCUT2D eigenvalue weighted by molar-refractivity contribution is 7.80. The summed E-state index contributed by atoms with van der Waals surface area (Å²) in [5, 5.41) is 6.80. The van der Waals surface area contributed by atoms with E-state index < -0.39 is 17.6 Å². The van der Waals surface area contributed by atoms with Gasteiger partial charge < -0.3 is 24.5 Å². The van der Waals surface area contributed by atoms with Crippen molar-refractivity contribution in [3.05, 3.63) is 69.6 Å². The molecule has 0 saturated heterocycles. The van der Waals surface area contributed by atoms with Crippen LogP contribution >= 0.6 is 12.2 Å². The Morgan fingerprint density at radius 3 is 2.40 bits per heavy atom. The monoisotopic (exact) mass is 426 g/mol. The lowest BCUT2D eigenvalue weighted by Gasteiger charge is -2.14. The number of methoxy groups -OCH3 is 2. The molecule has 0 radical (unpaired) electrons. The summed E-state index contributed by atoms with van der Waals surface area (Å²) < 4.78 is 14.7. The molecule has 0 aliphatic heterocycles. The lowest BCUT2D eigenvalue weighted by molar-refractivity contribution is 0.0587. The minimum atomic E-state index is -0.598. The summed E-state index contributed by atoms with van der Waals surface area (Å²) >= 11 is 5.33. The molecule has 1 heterocycles. The van der Waals surface area contributed by atoms with Crippen LogP contribution in [-0.4, -0.2) is 31.3 Å². The van der Waals surface area contributed by atoms with E-state index in [-0.39, 0.29) is 21.9 Å². The highest BCUT2D eigenvalue weighted by Crippen LogP contribution is 2.23. The van der Waals surface area contributed by atoms with Gasteiger partial charge in [0.15, 0.2) is 5.11 Å². The Labute approximate surface area is 176 Å². The van der Waals surface area contributed by atoms with Gasteiger partial charge in [0, 0.05) is 23.2 Å². The van der Waals surface area contributed by atoms with Crippen LogP contribution < -0.4 is 16.3 Å². The predicted octanol–water partition coefficient (Wildman–Crippen LogP) is 3.48. The molecule has 0 bridgehead atoms. The zero-order chi connectivity index (χ0) is 21.8. The summed E-state index contributed by atoms with van der Waals surface area (Å²) in [4.78, 5) is 35.5. The summed E-state index contributed by atoms with van der Waals surface area (Å²) in [5.41, 5.74) is 2.03. The second-order valence-corrected chi connectivity index (χ2v) is 6.69. The molecule has 2 aromatic carbocycles. The highest BCUT2D eigenvalue weighted by Gasteiger charge is 2.16. The van der Waals surface area contributed by atoms with Crippen molar-refractivity contribution in [3.63, 3.8) is 0 Å². The zero-order valence-electron chi connectivity index (χ0n) is 16.4. The first-order chi connectivity index (χ1) is 14.3. The average Bonchev–Trinajstić information content (AvgIpc) is 2.72. The lowest BCUT2D eigenvalue weighted by atomic mass is 10.1. The molecule has 154 valence electrons. The summed E-state index contributed by atoms with van der Waals surface area (Å²) in [6.45, 7) is 1.82. The van der Waals surface area contributed by atoms with Crippen molar-refractivity contribution in [2.45, 2.75) is 6.92 Å². The number of ether oxygens (including phenoxy) is 2. The molecule has 8 nitrogen and oxygen atoms in total. The number of nitrogens with one attached hydrogen (secondary N) is 2. The smallest absolute Gasteiger partial charge is 0.339 e. The van der Waals surface area contributed by atoms with Gasteiger partial charge in [0.05, 0.1) is 31.0 Å². The van der Waals surface area contributed by atoms with E-state index in [1.54, 1.807) is 18.2 Å². The summed E-state index contributed by atoms with van der Waals surface area (Å²) in [6.07, 6.45) is 0. The highest BCUT2D eigenvalue weighted by atomic mass is 32.1. The molecule has 0 unspecified atom stereocenters. The van der Waals surface area contributed by atoms with Crippen molar-refractivity contribution in [3.8, 4) is 0 Å². The van der Waals surface area contributed by atoms with Crippen LogP contribution in [0.3, 0.4) is 0 Å². The minimum Gasteiger partial charge on any atom is -0.465 e. The molecule has 2 N–H and O–H groups in total. The van der Waals surface area contributed by atoms with E-state index in [2.05, 4.69) is 10.6 Å². The fourth-order valence-electron chi connectivity index (χ4n) is 2.87. The van der Waals surface area contributed by atoms with Crippen molar-refractivity contribution >= 4 is 51.6 Å². The largest absolute Gasteiger partial charge is 0.465 e. The maximum atomic E-state index is 12.1. The van der Waals surface area contributed by atoms with E-state index in [4.69, 9.17) is 26.1 Å². The fraction of sp³-hybridized carbons (Fsp3) is 0.143. The van der Waals surface area contributed by atoms with Crippen molar-refractivity contribution < 1.29 is 23.5 Å². The van der Waals surface area contributed by atoms with Gasteiger partial charge in [0.1, 0.15) is 5.58 Å². The van der Waals surface area contributed by atoms with E-state index in [1.165, 1.54) is 38.5 Å². The van der Waals surface area contributed by atoms with Crippen LogP contribution in [0.1, 0.15) is 26.3 Å². The number of carbonyl (C=O) groups excluding carboxylic acids is 2. The molecule has 0 saturated carbocycles. The number of fused-ring (bicyclic) bond motifs is 1. The first kappa shape index (κ1) is 21.0. The molecule has 1 aromatic heterocycles. The van der Waals surface area contributed by atoms with Crippen molar-refractivity contribution in [1.82, 2.24) is 0 Å². The van der Waals surface area contributed by atoms with Crippen LogP contribution in [0.4, 0.5) is 11.4 Å². The second kappa shape index (κ2) is 8.75. The number of thiocarbonyl (C=S) groups is 1. The number of benzene rings is 2. The first-order valence-electron chi connectivity index (χ1n) is 8.75. The summed E-state index contributed by atoms with van der Waals surface area (Å²) in [7, 11) is 2.51. The average molecular weight is 426 g/mol. The van der Waals surface area contributed by atoms with E-state index in [9.17, 15) is 14.4 Å². The number of aryl methyl sites for hydroxylation is 1. The molecular formula is C21H18N2O6S. The Bertz CT molecular complexity index is 1220. The SMILES string of the molecule is COC(=O)c1ccc(C(=O)OC)c(NC(=S)Nc2ccc3c(C)cc(=O)oc3c2)c1. The normalized spacial score (nSPS) is 10.4. The molecule has 3 rings (SSSR count). The van der Waals surface area contributed by atoms with Crippen LogP contribution in [-0.2, 0) is 9.47 Å². The van der Waals surface area contributed by atoms with E-state index in [1.807, 2.05) is 6.92 Å². The number of hydrogen-bond acceptors (Lipinski definition) is 7. The predicted molar refractivity (Wildman–Crippen MR) is 116 cm³/mol. The van der Waals surface area contributed by atoms with E-state index in [0.29, 0.717) is 11.3 Å². The molecule has 0 aliphatic carbocycles. The maximum absolute atomic E-state index is 12.1. The third-order valence-corrected chi connectivity index (χ3v) is 4.51. The van der Waals surface area contributed by atoms with Crippen molar-refractivity contribution in [2.24, 2.45) is 0 Å². The van der Waals surface area contributed by atoms with E-state index in [0.717, 1.165) is 10.9 Å². The topological polar surface area (TPSA) is 107 Å². The number of hydrogen-bond donors (Lipinski definition) is 2. The number of carbonyl (C=O) groups is 2. The van der Waals surface area contributed by atoms with Crippen molar-refractivity contribution in [1.29, 1.82) is 0 Å². The Morgan fingerprint density at radius 1 is 0.967 bits per heavy atom. The first-order valence-corrected chi connectivity index (χ1v) is 9.16. The third-order valence-electron chi connectivity index (χ3n) is 4.30. The molecule has 9 heteroatoms. The zero-order valence-corrected chi connectivity index (χ0v) is 17.2. The standard InChI is InChI=1S/C21H18N2O6S/c1-11-8-18(24)29-17-10-13(5-7-14(11)17)22-21(30)23-16-9-12(19(25)27-2)4-6-15(16)20(26)28-3/h4-10H,1-3H3,(H2,22,23,30). The maximum Gasteiger partial charge on any atom is 0.339 e. The second-order valence-electron chi connectivity index (χ2n) is 6.28. The van der Waals surface area contributed by atoms with Gasteiger partial charge in [-0.05, 0) is 55.0 Å². The van der Waals surface area contributed by atoms with Crippen LogP contribution in [0.15, 0.2) is 51.7 Å². The quantitative estimate of drug-likeness (QED) is 0.368. The number of anilines is 2. The minimum absolute atomic E-state index is 0.150. The van der Waals surface area contributed by atoms with Crippen LogP contribution in [0.25, 0.3) is 11.0 Å². The van der Waals surface area contributed by atoms with Crippen LogP contribution in [0, 0.1) is 6.92 Å². The van der Waals surface area contributed by atoms with Gasteiger partial charge in [-0.1, -0.05) is 0 Å².